The van der Waals surface area contributed by atoms with E-state index in [-0.39, 0.29) is 16.6 Å². The summed E-state index contributed by atoms with van der Waals surface area (Å²) in [5, 5.41) is 2.70. The van der Waals surface area contributed by atoms with Crippen LogP contribution >= 0.6 is 0 Å². The molecule has 8 heteroatoms. The number of benzene rings is 1. The maximum atomic E-state index is 12.9. The highest BCUT2D eigenvalue weighted by molar-refractivity contribution is 7.89. The lowest BCUT2D eigenvalue weighted by Gasteiger charge is -2.21. The predicted octanol–water partition coefficient (Wildman–Crippen LogP) is 3.27. The van der Waals surface area contributed by atoms with Crippen LogP contribution in [0.1, 0.15) is 36.9 Å². The summed E-state index contributed by atoms with van der Waals surface area (Å²) in [7, 11) is -3.74. The monoisotopic (exact) mass is 380 g/mol. The van der Waals surface area contributed by atoms with Gasteiger partial charge < -0.3 is 14.5 Å². The van der Waals surface area contributed by atoms with Crippen molar-refractivity contribution in [3.8, 4) is 5.75 Å². The molecular weight excluding hydrogens is 356 g/mol. The van der Waals surface area contributed by atoms with E-state index in [1.54, 1.807) is 45.9 Å². The summed E-state index contributed by atoms with van der Waals surface area (Å²) < 4.78 is 37.8. The minimum atomic E-state index is -3.74. The lowest BCUT2D eigenvalue weighted by Crippen LogP contribution is -2.31. The average Bonchev–Trinajstić information content (AvgIpc) is 3.03. The molecule has 2 rings (SSSR count). The normalized spacial score (nSPS) is 11.6. The van der Waals surface area contributed by atoms with Gasteiger partial charge in [0.1, 0.15) is 16.4 Å². The minimum absolute atomic E-state index is 0.0322. The maximum absolute atomic E-state index is 12.9. The Kier molecular flexibility index (Phi) is 6.44. The number of carbonyl (C=O) groups is 1. The summed E-state index contributed by atoms with van der Waals surface area (Å²) in [6.45, 7) is 8.03. The molecule has 0 aliphatic rings. The van der Waals surface area contributed by atoms with Crippen molar-refractivity contribution in [1.29, 1.82) is 0 Å². The minimum Gasteiger partial charge on any atom is -0.492 e. The van der Waals surface area contributed by atoms with E-state index in [2.05, 4.69) is 5.32 Å². The van der Waals surface area contributed by atoms with E-state index in [1.165, 1.54) is 16.6 Å². The number of hydrogen-bond acceptors (Lipinski definition) is 5. The molecule has 142 valence electrons. The number of anilines is 1. The van der Waals surface area contributed by atoms with Gasteiger partial charge in [-0.1, -0.05) is 13.8 Å². The number of ether oxygens (including phenoxy) is 1. The highest BCUT2D eigenvalue weighted by Crippen LogP contribution is 2.30. The Hall–Kier alpha value is -2.32. The van der Waals surface area contributed by atoms with E-state index < -0.39 is 10.0 Å². The van der Waals surface area contributed by atoms with E-state index in [4.69, 9.17) is 9.15 Å². The topological polar surface area (TPSA) is 88.8 Å². The largest absolute Gasteiger partial charge is 0.492 e. The van der Waals surface area contributed by atoms with Gasteiger partial charge in [-0.15, -0.1) is 0 Å². The smallest absolute Gasteiger partial charge is 0.259 e. The highest BCUT2D eigenvalue weighted by Gasteiger charge is 2.26. The lowest BCUT2D eigenvalue weighted by atomic mass is 10.2. The molecule has 26 heavy (non-hydrogen) atoms. The third kappa shape index (κ3) is 4.08. The van der Waals surface area contributed by atoms with Gasteiger partial charge in [0.15, 0.2) is 0 Å². The van der Waals surface area contributed by atoms with Crippen molar-refractivity contribution >= 4 is 21.6 Å². The third-order valence-electron chi connectivity index (χ3n) is 3.93. The molecule has 0 atom stereocenters. The molecule has 1 N–H and O–H groups in total. The van der Waals surface area contributed by atoms with Crippen molar-refractivity contribution in [2.24, 2.45) is 0 Å². The van der Waals surface area contributed by atoms with Crippen LogP contribution in [0.25, 0.3) is 0 Å². The quantitative estimate of drug-likeness (QED) is 0.759. The molecule has 0 aliphatic heterocycles. The van der Waals surface area contributed by atoms with Crippen molar-refractivity contribution in [3.63, 3.8) is 0 Å². The van der Waals surface area contributed by atoms with Crippen LogP contribution in [0.15, 0.2) is 39.8 Å². The molecule has 0 spiro atoms. The van der Waals surface area contributed by atoms with Crippen molar-refractivity contribution in [1.82, 2.24) is 4.31 Å². The molecule has 2 aromatic rings. The van der Waals surface area contributed by atoms with Crippen molar-refractivity contribution < 1.29 is 22.4 Å². The Morgan fingerprint density at radius 2 is 1.88 bits per heavy atom. The molecule has 1 aromatic carbocycles. The van der Waals surface area contributed by atoms with E-state index in [9.17, 15) is 13.2 Å². The summed E-state index contributed by atoms with van der Waals surface area (Å²) in [5.41, 5.74) is 0.761. The number of amides is 1. The number of aryl methyl sites for hydroxylation is 1. The number of hydrogen-bond donors (Lipinski definition) is 1. The second kappa shape index (κ2) is 8.37. The molecule has 0 radical (unpaired) electrons. The van der Waals surface area contributed by atoms with Gasteiger partial charge in [-0.2, -0.15) is 4.31 Å². The van der Waals surface area contributed by atoms with Crippen LogP contribution in [0.3, 0.4) is 0 Å². The van der Waals surface area contributed by atoms with Crippen molar-refractivity contribution in [2.75, 3.05) is 25.0 Å². The van der Waals surface area contributed by atoms with Crippen LogP contribution < -0.4 is 10.1 Å². The standard InChI is InChI=1S/C18H24N2O5S/c1-5-20(6-2)26(22,23)17-12-14(8-9-16(17)24-7-3)19-18(21)15-10-11-25-13(15)4/h8-12H,5-7H2,1-4H3,(H,19,21). The number of nitrogens with zero attached hydrogens (tertiary/aromatic N) is 1. The summed E-state index contributed by atoms with van der Waals surface area (Å²) >= 11 is 0. The molecule has 1 aromatic heterocycles. The van der Waals surface area contributed by atoms with Crippen LogP contribution in [-0.2, 0) is 10.0 Å². The fourth-order valence-corrected chi connectivity index (χ4v) is 4.20. The van der Waals surface area contributed by atoms with Crippen LogP contribution in [0.4, 0.5) is 5.69 Å². The number of carbonyl (C=O) groups excluding carboxylic acids is 1. The first-order valence-corrected chi connectivity index (χ1v) is 9.91. The maximum Gasteiger partial charge on any atom is 0.259 e. The molecule has 0 saturated heterocycles. The van der Waals surface area contributed by atoms with E-state index in [1.807, 2.05) is 0 Å². The second-order valence-corrected chi connectivity index (χ2v) is 7.43. The van der Waals surface area contributed by atoms with E-state index >= 15 is 0 Å². The third-order valence-corrected chi connectivity index (χ3v) is 6.00. The Balaban J connectivity index is 2.42. The Morgan fingerprint density at radius 3 is 2.42 bits per heavy atom. The molecule has 0 saturated carbocycles. The zero-order valence-electron chi connectivity index (χ0n) is 15.4. The zero-order valence-corrected chi connectivity index (χ0v) is 16.2. The average molecular weight is 380 g/mol. The van der Waals surface area contributed by atoms with Gasteiger partial charge >= 0.3 is 0 Å². The van der Waals surface area contributed by atoms with Gasteiger partial charge in [0.2, 0.25) is 10.0 Å². The van der Waals surface area contributed by atoms with E-state index in [0.717, 1.165) is 0 Å². The fraction of sp³-hybridized carbons (Fsp3) is 0.389. The van der Waals surface area contributed by atoms with E-state index in [0.29, 0.717) is 36.7 Å². The van der Waals surface area contributed by atoms with Gasteiger partial charge in [-0.25, -0.2) is 8.42 Å². The molecule has 0 fully saturated rings. The molecule has 1 amide bonds. The number of nitrogens with one attached hydrogen (secondary N) is 1. The Labute approximate surface area is 154 Å². The Bertz CT molecular complexity index is 869. The summed E-state index contributed by atoms with van der Waals surface area (Å²) in [4.78, 5) is 12.4. The zero-order chi connectivity index (χ0) is 19.3. The van der Waals surface area contributed by atoms with Gasteiger partial charge in [0.05, 0.1) is 18.4 Å². The fourth-order valence-electron chi connectivity index (χ4n) is 2.58. The van der Waals surface area contributed by atoms with Crippen molar-refractivity contribution in [2.45, 2.75) is 32.6 Å². The van der Waals surface area contributed by atoms with Crippen LogP contribution in [0.2, 0.25) is 0 Å². The first-order chi connectivity index (χ1) is 12.3. The summed E-state index contributed by atoms with van der Waals surface area (Å²) in [6.07, 6.45) is 1.43. The molecule has 0 unspecified atom stereocenters. The molecular formula is C18H24N2O5S. The van der Waals surface area contributed by atoms with Gasteiger partial charge in [-0.3, -0.25) is 4.79 Å². The van der Waals surface area contributed by atoms with Crippen LogP contribution in [0.5, 0.6) is 5.75 Å². The Morgan fingerprint density at radius 1 is 1.19 bits per heavy atom. The van der Waals surface area contributed by atoms with Gasteiger partial charge in [0.25, 0.3) is 5.91 Å². The summed E-state index contributed by atoms with van der Waals surface area (Å²) in [5.74, 6) is 0.382. The SMILES string of the molecule is CCOc1ccc(NC(=O)c2ccoc2C)cc1S(=O)(=O)N(CC)CC. The van der Waals surface area contributed by atoms with Gasteiger partial charge in [-0.05, 0) is 38.1 Å². The number of furan rings is 1. The lowest BCUT2D eigenvalue weighted by molar-refractivity contribution is 0.102. The number of sulfonamides is 1. The number of rotatable bonds is 8. The van der Waals surface area contributed by atoms with Crippen LogP contribution in [0, 0.1) is 6.92 Å². The molecule has 1 heterocycles. The molecule has 0 aliphatic carbocycles. The van der Waals surface area contributed by atoms with Crippen LogP contribution in [-0.4, -0.2) is 38.3 Å². The van der Waals surface area contributed by atoms with Crippen molar-refractivity contribution in [3.05, 3.63) is 41.9 Å². The predicted molar refractivity (Wildman–Crippen MR) is 99.1 cm³/mol. The molecule has 0 bridgehead atoms. The molecule has 7 nitrogen and oxygen atoms in total. The summed E-state index contributed by atoms with van der Waals surface area (Å²) in [6, 6.07) is 6.15. The second-order valence-electron chi connectivity index (χ2n) is 5.53. The highest BCUT2D eigenvalue weighted by atomic mass is 32.2. The first kappa shape index (κ1) is 20.0. The van der Waals surface area contributed by atoms with Gasteiger partial charge in [0, 0.05) is 18.8 Å². The first-order valence-electron chi connectivity index (χ1n) is 8.47.